The quantitative estimate of drug-likeness (QED) is 0.826. The van der Waals surface area contributed by atoms with Gasteiger partial charge in [0.05, 0.1) is 19.3 Å². The van der Waals surface area contributed by atoms with Gasteiger partial charge in [-0.25, -0.2) is 0 Å². The second-order valence-corrected chi connectivity index (χ2v) is 5.33. The normalized spacial score (nSPS) is 10.2. The number of hydrogen-bond acceptors (Lipinski definition) is 3. The Hall–Kier alpha value is -1.78. The van der Waals surface area contributed by atoms with E-state index in [0.29, 0.717) is 27.9 Å². The summed E-state index contributed by atoms with van der Waals surface area (Å²) in [4.78, 5) is 0.297. The molecule has 0 aliphatic carbocycles. The van der Waals surface area contributed by atoms with Gasteiger partial charge in [-0.1, -0.05) is 36.0 Å². The lowest BCUT2D eigenvalue weighted by Gasteiger charge is -2.11. The van der Waals surface area contributed by atoms with E-state index in [-0.39, 0.29) is 0 Å². The zero-order chi connectivity index (χ0) is 15.2. The molecule has 0 heterocycles. The topological polar surface area (TPSA) is 44.5 Å². The predicted molar refractivity (Wildman–Crippen MR) is 89.5 cm³/mol. The van der Waals surface area contributed by atoms with Crippen molar-refractivity contribution in [2.75, 3.05) is 13.7 Å². The third-order valence-corrected chi connectivity index (χ3v) is 3.47. The molecule has 0 saturated carbocycles. The number of benzene rings is 2. The highest BCUT2D eigenvalue weighted by Crippen LogP contribution is 2.23. The molecule has 2 N–H and O–H groups in total. The first-order chi connectivity index (χ1) is 10.1. The van der Waals surface area contributed by atoms with Gasteiger partial charge >= 0.3 is 0 Å². The Kier molecular flexibility index (Phi) is 5.42. The molecule has 0 spiro atoms. The minimum Gasteiger partial charge on any atom is -0.497 e. The van der Waals surface area contributed by atoms with Crippen LogP contribution in [0.2, 0.25) is 5.02 Å². The van der Waals surface area contributed by atoms with Crippen LogP contribution in [0.4, 0.5) is 0 Å². The van der Waals surface area contributed by atoms with Crippen molar-refractivity contribution in [3.8, 4) is 11.5 Å². The lowest BCUT2D eigenvalue weighted by Crippen LogP contribution is -2.12. The summed E-state index contributed by atoms with van der Waals surface area (Å²) in [5.74, 6) is 1.45. The summed E-state index contributed by atoms with van der Waals surface area (Å²) in [6, 6.07) is 13.1. The third kappa shape index (κ3) is 4.34. The molecule has 2 rings (SSSR count). The fraction of sp³-hybridized carbons (Fsp3) is 0.188. The van der Waals surface area contributed by atoms with Crippen molar-refractivity contribution in [2.45, 2.75) is 6.42 Å². The van der Waals surface area contributed by atoms with E-state index in [1.54, 1.807) is 25.3 Å². The highest BCUT2D eigenvalue weighted by molar-refractivity contribution is 7.80. The van der Waals surface area contributed by atoms with Gasteiger partial charge in [-0.3, -0.25) is 0 Å². The average Bonchev–Trinajstić information content (AvgIpc) is 2.48. The van der Waals surface area contributed by atoms with Crippen LogP contribution in [0.5, 0.6) is 11.5 Å². The number of ether oxygens (including phenoxy) is 2. The van der Waals surface area contributed by atoms with Crippen LogP contribution in [0.15, 0.2) is 42.5 Å². The first kappa shape index (κ1) is 15.6. The predicted octanol–water partition coefficient (Wildman–Crippen LogP) is 3.60. The van der Waals surface area contributed by atoms with Gasteiger partial charge in [-0.15, -0.1) is 0 Å². The highest BCUT2D eigenvalue weighted by atomic mass is 35.5. The van der Waals surface area contributed by atoms with Crippen molar-refractivity contribution >= 4 is 28.8 Å². The summed E-state index contributed by atoms with van der Waals surface area (Å²) in [5.41, 5.74) is 7.53. The molecule has 2 aromatic carbocycles. The van der Waals surface area contributed by atoms with Crippen LogP contribution >= 0.6 is 23.8 Å². The molecule has 0 aromatic heterocycles. The Labute approximate surface area is 134 Å². The Morgan fingerprint density at radius 1 is 1.19 bits per heavy atom. The SMILES string of the molecule is COc1ccc(CCOc2cc(Cl)ccc2C(N)=S)cc1. The smallest absolute Gasteiger partial charge is 0.130 e. The van der Waals surface area contributed by atoms with Crippen LogP contribution in [0.25, 0.3) is 0 Å². The van der Waals surface area contributed by atoms with Crippen LogP contribution in [0, 0.1) is 0 Å². The van der Waals surface area contributed by atoms with Gasteiger partial charge in [0, 0.05) is 11.4 Å². The van der Waals surface area contributed by atoms with Gasteiger partial charge in [-0.05, 0) is 35.9 Å². The summed E-state index contributed by atoms with van der Waals surface area (Å²) in [7, 11) is 1.65. The lowest BCUT2D eigenvalue weighted by molar-refractivity contribution is 0.321. The minimum absolute atomic E-state index is 0.297. The molecule has 0 radical (unpaired) electrons. The molecule has 3 nitrogen and oxygen atoms in total. The Morgan fingerprint density at radius 2 is 1.90 bits per heavy atom. The summed E-state index contributed by atoms with van der Waals surface area (Å²) in [6.07, 6.45) is 0.771. The van der Waals surface area contributed by atoms with Gasteiger partial charge in [0.15, 0.2) is 0 Å². The third-order valence-electron chi connectivity index (χ3n) is 3.02. The van der Waals surface area contributed by atoms with Gasteiger partial charge in [0.2, 0.25) is 0 Å². The summed E-state index contributed by atoms with van der Waals surface area (Å²) in [5, 5.41) is 0.592. The minimum atomic E-state index is 0.297. The largest absolute Gasteiger partial charge is 0.497 e. The monoisotopic (exact) mass is 321 g/mol. The van der Waals surface area contributed by atoms with Crippen molar-refractivity contribution < 1.29 is 9.47 Å². The molecule has 0 saturated heterocycles. The Morgan fingerprint density at radius 3 is 2.52 bits per heavy atom. The van der Waals surface area contributed by atoms with Crippen molar-refractivity contribution in [3.63, 3.8) is 0 Å². The summed E-state index contributed by atoms with van der Waals surface area (Å²) >= 11 is 11.0. The standard InChI is InChI=1S/C16H16ClNO2S/c1-19-13-5-2-11(3-6-13)8-9-20-15-10-12(17)4-7-14(15)16(18)21/h2-7,10H,8-9H2,1H3,(H2,18,21). The molecule has 5 heteroatoms. The van der Waals surface area contributed by atoms with E-state index in [4.69, 9.17) is 39.0 Å². The molecule has 0 fully saturated rings. The summed E-state index contributed by atoms with van der Waals surface area (Å²) < 4.78 is 10.9. The molecular formula is C16H16ClNO2S. The van der Waals surface area contributed by atoms with Crippen LogP contribution < -0.4 is 15.2 Å². The molecule has 0 aliphatic rings. The van der Waals surface area contributed by atoms with Crippen LogP contribution in [-0.2, 0) is 6.42 Å². The van der Waals surface area contributed by atoms with E-state index in [0.717, 1.165) is 17.7 Å². The van der Waals surface area contributed by atoms with E-state index in [9.17, 15) is 0 Å². The number of halogens is 1. The molecule has 110 valence electrons. The Balaban J connectivity index is 1.99. The fourth-order valence-electron chi connectivity index (χ4n) is 1.89. The van der Waals surface area contributed by atoms with Crippen LogP contribution in [0.3, 0.4) is 0 Å². The van der Waals surface area contributed by atoms with Gasteiger partial charge in [-0.2, -0.15) is 0 Å². The number of thiocarbonyl (C=S) groups is 1. The average molecular weight is 322 g/mol. The van der Waals surface area contributed by atoms with E-state index < -0.39 is 0 Å². The number of methoxy groups -OCH3 is 1. The zero-order valence-corrected chi connectivity index (χ0v) is 13.2. The van der Waals surface area contributed by atoms with E-state index in [1.807, 2.05) is 24.3 Å². The molecule has 0 unspecified atom stereocenters. The van der Waals surface area contributed by atoms with Crippen molar-refractivity contribution in [3.05, 3.63) is 58.6 Å². The Bertz CT molecular complexity index is 629. The number of rotatable bonds is 6. The van der Waals surface area contributed by atoms with Crippen molar-refractivity contribution in [1.29, 1.82) is 0 Å². The summed E-state index contributed by atoms with van der Waals surface area (Å²) in [6.45, 7) is 0.516. The first-order valence-electron chi connectivity index (χ1n) is 6.45. The molecule has 0 amide bonds. The second kappa shape index (κ2) is 7.29. The van der Waals surface area contributed by atoms with Gasteiger partial charge < -0.3 is 15.2 Å². The van der Waals surface area contributed by atoms with E-state index >= 15 is 0 Å². The van der Waals surface area contributed by atoms with Gasteiger partial charge in [0.25, 0.3) is 0 Å². The number of nitrogens with two attached hydrogens (primary N) is 1. The lowest BCUT2D eigenvalue weighted by atomic mass is 10.1. The molecule has 0 bridgehead atoms. The number of hydrogen-bond donors (Lipinski definition) is 1. The van der Waals surface area contributed by atoms with E-state index in [2.05, 4.69) is 0 Å². The molecule has 2 aromatic rings. The van der Waals surface area contributed by atoms with Crippen molar-refractivity contribution in [2.24, 2.45) is 5.73 Å². The molecule has 0 aliphatic heterocycles. The molecule has 0 atom stereocenters. The maximum atomic E-state index is 5.97. The van der Waals surface area contributed by atoms with Crippen LogP contribution in [-0.4, -0.2) is 18.7 Å². The maximum absolute atomic E-state index is 5.97. The maximum Gasteiger partial charge on any atom is 0.130 e. The zero-order valence-electron chi connectivity index (χ0n) is 11.6. The van der Waals surface area contributed by atoms with Crippen molar-refractivity contribution in [1.82, 2.24) is 0 Å². The van der Waals surface area contributed by atoms with Crippen LogP contribution in [0.1, 0.15) is 11.1 Å². The molecular weight excluding hydrogens is 306 g/mol. The fourth-order valence-corrected chi connectivity index (χ4v) is 2.22. The van der Waals surface area contributed by atoms with Gasteiger partial charge in [0.1, 0.15) is 16.5 Å². The highest BCUT2D eigenvalue weighted by Gasteiger charge is 2.07. The van der Waals surface area contributed by atoms with E-state index in [1.165, 1.54) is 0 Å². The second-order valence-electron chi connectivity index (χ2n) is 4.45. The first-order valence-corrected chi connectivity index (χ1v) is 7.24. The molecule has 21 heavy (non-hydrogen) atoms.